The number of ether oxygens (including phenoxy) is 2. The van der Waals surface area contributed by atoms with Gasteiger partial charge in [-0.3, -0.25) is 19.2 Å². The van der Waals surface area contributed by atoms with E-state index in [1.54, 1.807) is 55.5 Å². The molecule has 0 aliphatic carbocycles. The van der Waals surface area contributed by atoms with Crippen molar-refractivity contribution in [2.75, 3.05) is 17.2 Å². The molecule has 0 saturated carbocycles. The van der Waals surface area contributed by atoms with E-state index < -0.39 is 29.7 Å². The normalized spacial score (nSPS) is 10.7. The SMILES string of the molecule is CC.C[C@H](Nc1cc(C(N)=O)nc(-c2ccc(Oc3ccc(F)cc3)cc2)n1)C(N)=O.NC(=O)CNc1cc(C(N)=O)nc(-c2ccc(Oc3ccc(F)cc3)cc2)n1. The lowest BCUT2D eigenvalue weighted by Gasteiger charge is -2.13. The largest absolute Gasteiger partial charge is 0.457 e. The first-order valence-electron chi connectivity index (χ1n) is 17.8. The maximum Gasteiger partial charge on any atom is 0.267 e. The molecule has 0 radical (unpaired) electrons. The molecule has 0 unspecified atom stereocenters. The van der Waals surface area contributed by atoms with Gasteiger partial charge in [0.25, 0.3) is 11.8 Å². The molecule has 16 nitrogen and oxygen atoms in total. The number of amides is 4. The van der Waals surface area contributed by atoms with E-state index in [4.69, 9.17) is 32.4 Å². The highest BCUT2D eigenvalue weighted by molar-refractivity contribution is 5.93. The lowest BCUT2D eigenvalue weighted by molar-refractivity contribution is -0.118. The van der Waals surface area contributed by atoms with Crippen LogP contribution in [-0.4, -0.2) is 56.2 Å². The molecular formula is C41H40F2N10O6. The molecule has 10 N–H and O–H groups in total. The Hall–Kier alpha value is -8.02. The maximum absolute atomic E-state index is 13.0. The van der Waals surface area contributed by atoms with Gasteiger partial charge in [-0.05, 0) is 104 Å². The Labute approximate surface area is 337 Å². The van der Waals surface area contributed by atoms with Gasteiger partial charge in [0.2, 0.25) is 11.8 Å². The van der Waals surface area contributed by atoms with Crippen LogP contribution in [0.1, 0.15) is 41.7 Å². The second kappa shape index (κ2) is 20.8. The van der Waals surface area contributed by atoms with Crippen LogP contribution in [0, 0.1) is 11.6 Å². The van der Waals surface area contributed by atoms with Crippen LogP contribution in [0.15, 0.2) is 109 Å². The standard InChI is InChI=1S/C20H18FN5O3.C19H16FN5O3.C2H6/c1-11(18(22)27)24-17-10-16(19(23)28)25-20(26-17)12-2-6-14(7-3-12)29-15-8-4-13(21)5-9-15;20-12-3-7-14(8-4-12)28-13-5-1-11(2-6-13)19-24-15(18(22)27)9-17(25-19)23-10-16(21)26;1-2/h2-11H,1H3,(H2,22,27)(H2,23,28)(H,24,25,26);1-9H,10H2,(H2,21,26)(H2,22,27)(H,23,24,25);1-2H3/t11-;;/m0../s1. The van der Waals surface area contributed by atoms with E-state index in [9.17, 15) is 28.0 Å². The van der Waals surface area contributed by atoms with Gasteiger partial charge >= 0.3 is 0 Å². The van der Waals surface area contributed by atoms with Crippen LogP contribution in [0.2, 0.25) is 0 Å². The summed E-state index contributed by atoms with van der Waals surface area (Å²) in [6, 6.07) is 26.7. The van der Waals surface area contributed by atoms with Crippen molar-refractivity contribution in [3.8, 4) is 45.8 Å². The first kappa shape index (κ1) is 43.7. The molecular weight excluding hydrogens is 767 g/mol. The minimum atomic E-state index is -0.736. The topological polar surface area (TPSA) is 266 Å². The predicted molar refractivity (Wildman–Crippen MR) is 216 cm³/mol. The molecule has 2 aromatic heterocycles. The van der Waals surface area contributed by atoms with Gasteiger partial charge in [-0.15, -0.1) is 0 Å². The Morgan fingerprint density at radius 2 is 0.932 bits per heavy atom. The Morgan fingerprint density at radius 1 is 0.576 bits per heavy atom. The minimum Gasteiger partial charge on any atom is -0.457 e. The third-order valence-electron chi connectivity index (χ3n) is 7.52. The molecule has 1 atom stereocenters. The van der Waals surface area contributed by atoms with Crippen molar-refractivity contribution < 1.29 is 37.4 Å². The molecule has 304 valence electrons. The summed E-state index contributed by atoms with van der Waals surface area (Å²) in [5.74, 6) is -0.379. The summed E-state index contributed by atoms with van der Waals surface area (Å²) >= 11 is 0. The molecule has 0 aliphatic rings. The Bertz CT molecular complexity index is 2380. The highest BCUT2D eigenvalue weighted by Crippen LogP contribution is 2.27. The zero-order valence-electron chi connectivity index (χ0n) is 32.0. The molecule has 6 aromatic rings. The number of nitrogens with one attached hydrogen (secondary N) is 2. The van der Waals surface area contributed by atoms with Crippen molar-refractivity contribution in [1.29, 1.82) is 0 Å². The van der Waals surface area contributed by atoms with E-state index in [1.807, 2.05) is 13.8 Å². The fourth-order valence-electron chi connectivity index (χ4n) is 4.66. The second-order valence-corrected chi connectivity index (χ2v) is 11.9. The molecule has 18 heteroatoms. The van der Waals surface area contributed by atoms with Crippen molar-refractivity contribution >= 4 is 35.3 Å². The van der Waals surface area contributed by atoms with Crippen LogP contribution in [0.3, 0.4) is 0 Å². The highest BCUT2D eigenvalue weighted by Gasteiger charge is 2.15. The number of hydrogen-bond donors (Lipinski definition) is 6. The fraction of sp³-hybridized carbons (Fsp3) is 0.122. The van der Waals surface area contributed by atoms with Crippen LogP contribution in [0.4, 0.5) is 20.4 Å². The van der Waals surface area contributed by atoms with E-state index in [1.165, 1.54) is 60.7 Å². The van der Waals surface area contributed by atoms with Crippen LogP contribution in [0.5, 0.6) is 23.0 Å². The molecule has 0 aliphatic heterocycles. The van der Waals surface area contributed by atoms with Crippen molar-refractivity contribution in [3.05, 3.63) is 132 Å². The Kier molecular flexibility index (Phi) is 15.4. The Morgan fingerprint density at radius 3 is 1.29 bits per heavy atom. The lowest BCUT2D eigenvalue weighted by Crippen LogP contribution is -2.33. The number of benzene rings is 4. The molecule has 4 aromatic carbocycles. The van der Waals surface area contributed by atoms with Gasteiger partial charge in [-0.25, -0.2) is 28.7 Å². The smallest absolute Gasteiger partial charge is 0.267 e. The van der Waals surface area contributed by atoms with E-state index >= 15 is 0 Å². The fourth-order valence-corrected chi connectivity index (χ4v) is 4.66. The number of carbonyl (C=O) groups is 4. The monoisotopic (exact) mass is 806 g/mol. The number of primary amides is 4. The molecule has 6 rings (SSSR count). The maximum atomic E-state index is 13.0. The van der Waals surface area contributed by atoms with Crippen LogP contribution in [-0.2, 0) is 9.59 Å². The summed E-state index contributed by atoms with van der Waals surface area (Å²) in [6.45, 7) is 5.41. The van der Waals surface area contributed by atoms with Gasteiger partial charge in [0.1, 0.15) is 63.7 Å². The number of rotatable bonds is 14. The number of halogens is 2. The second-order valence-electron chi connectivity index (χ2n) is 11.9. The summed E-state index contributed by atoms with van der Waals surface area (Å²) in [6.07, 6.45) is 0. The van der Waals surface area contributed by atoms with Gasteiger partial charge in [0.15, 0.2) is 11.6 Å². The minimum absolute atomic E-state index is 0.0105. The molecule has 0 bridgehead atoms. The van der Waals surface area contributed by atoms with Crippen molar-refractivity contribution in [3.63, 3.8) is 0 Å². The summed E-state index contributed by atoms with van der Waals surface area (Å²) in [7, 11) is 0. The third-order valence-corrected chi connectivity index (χ3v) is 7.52. The van der Waals surface area contributed by atoms with E-state index in [2.05, 4.69) is 30.6 Å². The van der Waals surface area contributed by atoms with E-state index in [0.29, 0.717) is 34.1 Å². The zero-order chi connectivity index (χ0) is 43.1. The number of hydrogen-bond acceptors (Lipinski definition) is 12. The Balaban J connectivity index is 0.000000250. The summed E-state index contributed by atoms with van der Waals surface area (Å²) in [5.41, 5.74) is 22.2. The molecule has 2 heterocycles. The first-order chi connectivity index (χ1) is 28.2. The van der Waals surface area contributed by atoms with Crippen molar-refractivity contribution in [2.24, 2.45) is 22.9 Å². The van der Waals surface area contributed by atoms with Crippen LogP contribution >= 0.6 is 0 Å². The average molecular weight is 807 g/mol. The summed E-state index contributed by atoms with van der Waals surface area (Å²) in [4.78, 5) is 62.2. The molecule has 0 saturated heterocycles. The van der Waals surface area contributed by atoms with Crippen molar-refractivity contribution in [2.45, 2.75) is 26.8 Å². The van der Waals surface area contributed by atoms with Crippen LogP contribution < -0.4 is 43.0 Å². The van der Waals surface area contributed by atoms with Crippen LogP contribution in [0.25, 0.3) is 22.8 Å². The first-order valence-corrected chi connectivity index (χ1v) is 17.8. The number of anilines is 2. The van der Waals surface area contributed by atoms with Gasteiger partial charge in [-0.1, -0.05) is 13.8 Å². The quantitative estimate of drug-likeness (QED) is 0.0790. The van der Waals surface area contributed by atoms with Gasteiger partial charge < -0.3 is 43.0 Å². The average Bonchev–Trinajstić information content (AvgIpc) is 3.23. The predicted octanol–water partition coefficient (Wildman–Crippen LogP) is 5.56. The zero-order valence-corrected chi connectivity index (χ0v) is 32.0. The molecule has 0 spiro atoms. The van der Waals surface area contributed by atoms with Gasteiger partial charge in [0.05, 0.1) is 6.54 Å². The molecule has 4 amide bonds. The number of nitrogens with zero attached hydrogens (tertiary/aromatic N) is 4. The van der Waals surface area contributed by atoms with E-state index in [0.717, 1.165) is 0 Å². The molecule has 0 fully saturated rings. The summed E-state index contributed by atoms with van der Waals surface area (Å²) in [5, 5.41) is 5.52. The number of aromatic nitrogens is 4. The summed E-state index contributed by atoms with van der Waals surface area (Å²) < 4.78 is 37.2. The number of carbonyl (C=O) groups excluding carboxylic acids is 4. The van der Waals surface area contributed by atoms with Crippen molar-refractivity contribution in [1.82, 2.24) is 19.9 Å². The lowest BCUT2D eigenvalue weighted by atomic mass is 10.2. The van der Waals surface area contributed by atoms with Gasteiger partial charge in [0, 0.05) is 23.3 Å². The third kappa shape index (κ3) is 13.3. The van der Waals surface area contributed by atoms with Gasteiger partial charge in [-0.2, -0.15) is 0 Å². The number of nitrogens with two attached hydrogens (primary N) is 4. The molecule has 59 heavy (non-hydrogen) atoms. The van der Waals surface area contributed by atoms with E-state index in [-0.39, 0.29) is 52.9 Å². The highest BCUT2D eigenvalue weighted by atomic mass is 19.1.